The molecule has 1 aromatic carbocycles. The van der Waals surface area contributed by atoms with Crippen LogP contribution in [0.3, 0.4) is 0 Å². The quantitative estimate of drug-likeness (QED) is 0.862. The Morgan fingerprint density at radius 3 is 2.62 bits per heavy atom. The Labute approximate surface area is 129 Å². The molecule has 2 nitrogen and oxygen atoms in total. The number of rotatable bonds is 4. The van der Waals surface area contributed by atoms with Gasteiger partial charge in [-0.1, -0.05) is 43.6 Å². The highest BCUT2D eigenvalue weighted by molar-refractivity contribution is 6.32. The zero-order chi connectivity index (χ0) is 15.4. The van der Waals surface area contributed by atoms with Crippen LogP contribution in [0.15, 0.2) is 24.3 Å². The maximum absolute atomic E-state index is 10.3. The highest BCUT2D eigenvalue weighted by Crippen LogP contribution is 2.37. The zero-order valence-electron chi connectivity index (χ0n) is 13.4. The first-order chi connectivity index (χ1) is 10.0. The molecule has 2 rings (SSSR count). The summed E-state index contributed by atoms with van der Waals surface area (Å²) in [5, 5.41) is 19.8. The number of hydrogen-bond acceptors (Lipinski definition) is 2. The van der Waals surface area contributed by atoms with Gasteiger partial charge in [0.05, 0.1) is 18.1 Å². The van der Waals surface area contributed by atoms with E-state index in [2.05, 4.69) is 52.0 Å². The topological polar surface area (TPSA) is 44.0 Å². The van der Waals surface area contributed by atoms with Gasteiger partial charge in [0.2, 0.25) is 0 Å². The molecule has 0 bridgehead atoms. The Kier molecular flexibility index (Phi) is 5.48. The van der Waals surface area contributed by atoms with E-state index < -0.39 is 0 Å². The van der Waals surface area contributed by atoms with Gasteiger partial charge in [-0.05, 0) is 49.0 Å². The van der Waals surface area contributed by atoms with Crippen molar-refractivity contribution >= 4 is 13.3 Å². The summed E-state index contributed by atoms with van der Waals surface area (Å²) < 4.78 is 0. The van der Waals surface area contributed by atoms with E-state index in [9.17, 15) is 10.4 Å². The first kappa shape index (κ1) is 16.1. The predicted molar refractivity (Wildman–Crippen MR) is 89.3 cm³/mol. The summed E-state index contributed by atoms with van der Waals surface area (Å²) in [4.78, 5) is 0. The van der Waals surface area contributed by atoms with Crippen LogP contribution in [0.4, 0.5) is 0 Å². The second kappa shape index (κ2) is 7.14. The number of hydrogen-bond donors (Lipinski definition) is 1. The largest absolute Gasteiger partial charge is 0.393 e. The van der Waals surface area contributed by atoms with Crippen LogP contribution in [-0.2, 0) is 0 Å². The third kappa shape index (κ3) is 4.11. The van der Waals surface area contributed by atoms with Gasteiger partial charge < -0.3 is 5.11 Å². The van der Waals surface area contributed by atoms with Crippen LogP contribution in [0.5, 0.6) is 0 Å². The predicted octanol–water partition coefficient (Wildman–Crippen LogP) is 2.38. The molecule has 1 aromatic rings. The fourth-order valence-corrected chi connectivity index (χ4v) is 3.63. The minimum atomic E-state index is -0.187. The Morgan fingerprint density at radius 2 is 2.00 bits per heavy atom. The number of benzene rings is 1. The molecule has 0 aromatic heterocycles. The minimum absolute atomic E-state index is 0.0648. The molecule has 0 saturated heterocycles. The van der Waals surface area contributed by atoms with Crippen molar-refractivity contribution in [3.8, 4) is 6.07 Å². The molecule has 3 heteroatoms. The van der Waals surface area contributed by atoms with Crippen molar-refractivity contribution in [2.24, 2.45) is 17.8 Å². The Balaban J connectivity index is 2.04. The lowest BCUT2D eigenvalue weighted by Gasteiger charge is -2.36. The third-order valence-electron chi connectivity index (χ3n) is 5.10. The van der Waals surface area contributed by atoms with Crippen LogP contribution in [0.1, 0.15) is 51.0 Å². The van der Waals surface area contributed by atoms with E-state index in [0.29, 0.717) is 17.8 Å². The number of aliphatic hydroxyl groups is 1. The molecule has 1 aliphatic rings. The van der Waals surface area contributed by atoms with Gasteiger partial charge in [-0.2, -0.15) is 5.26 Å². The van der Waals surface area contributed by atoms with E-state index in [-0.39, 0.29) is 12.0 Å². The van der Waals surface area contributed by atoms with E-state index in [1.807, 2.05) is 0 Å². The molecule has 21 heavy (non-hydrogen) atoms. The smallest absolute Gasteiger partial charge is 0.139 e. The first-order valence-corrected chi connectivity index (χ1v) is 8.15. The van der Waals surface area contributed by atoms with Gasteiger partial charge in [0, 0.05) is 0 Å². The van der Waals surface area contributed by atoms with Gasteiger partial charge in [0.1, 0.15) is 7.85 Å². The SMILES string of the molecule is Bc1ccc(C(C#N)CC(C)C2CC(C)CCC2O)cc1. The second-order valence-electron chi connectivity index (χ2n) is 6.95. The number of nitriles is 1. The monoisotopic (exact) mass is 283 g/mol. The lowest BCUT2D eigenvalue weighted by molar-refractivity contribution is 0.0214. The Hall–Kier alpha value is -1.27. The standard InChI is InChI=1S/C18H26BNO/c1-12-3-8-18(21)17(9-12)13(2)10-15(11-20)14-4-6-16(19)7-5-14/h4-7,12-13,15,17-18,21H,3,8-10,19H2,1-2H3. The molecule has 0 heterocycles. The average molecular weight is 283 g/mol. The molecule has 1 fully saturated rings. The lowest BCUT2D eigenvalue weighted by atomic mass is 9.71. The number of aliphatic hydroxyl groups excluding tert-OH is 1. The van der Waals surface area contributed by atoms with Crippen LogP contribution >= 0.6 is 0 Å². The Bertz CT molecular complexity index is 493. The highest BCUT2D eigenvalue weighted by atomic mass is 16.3. The molecule has 1 N–H and O–H groups in total. The maximum Gasteiger partial charge on any atom is 0.139 e. The van der Waals surface area contributed by atoms with E-state index >= 15 is 0 Å². The fraction of sp³-hybridized carbons (Fsp3) is 0.611. The molecule has 0 radical (unpaired) electrons. The van der Waals surface area contributed by atoms with Gasteiger partial charge in [-0.25, -0.2) is 0 Å². The Morgan fingerprint density at radius 1 is 1.33 bits per heavy atom. The van der Waals surface area contributed by atoms with E-state index in [4.69, 9.17) is 0 Å². The summed E-state index contributed by atoms with van der Waals surface area (Å²) in [7, 11) is 2.06. The number of nitrogens with zero attached hydrogens (tertiary/aromatic N) is 1. The van der Waals surface area contributed by atoms with Crippen molar-refractivity contribution in [1.29, 1.82) is 5.26 Å². The van der Waals surface area contributed by atoms with Crippen LogP contribution in [0.25, 0.3) is 0 Å². The second-order valence-corrected chi connectivity index (χ2v) is 6.95. The van der Waals surface area contributed by atoms with E-state index in [1.165, 1.54) is 5.46 Å². The molecule has 5 atom stereocenters. The summed E-state index contributed by atoms with van der Waals surface area (Å²) in [6.07, 6.45) is 3.79. The van der Waals surface area contributed by atoms with Crippen molar-refractivity contribution in [3.63, 3.8) is 0 Å². The molecule has 0 aliphatic heterocycles. The molecule has 1 saturated carbocycles. The lowest BCUT2D eigenvalue weighted by Crippen LogP contribution is -2.33. The normalized spacial score (nSPS) is 28.6. The summed E-state index contributed by atoms with van der Waals surface area (Å²) >= 11 is 0. The van der Waals surface area contributed by atoms with E-state index in [1.54, 1.807) is 0 Å². The summed E-state index contributed by atoms with van der Waals surface area (Å²) in [6.45, 7) is 4.47. The molecule has 0 spiro atoms. The van der Waals surface area contributed by atoms with Crippen molar-refractivity contribution in [1.82, 2.24) is 0 Å². The van der Waals surface area contributed by atoms with E-state index in [0.717, 1.165) is 31.2 Å². The molecule has 112 valence electrons. The molecule has 1 aliphatic carbocycles. The molecular weight excluding hydrogens is 257 g/mol. The summed E-state index contributed by atoms with van der Waals surface area (Å²) in [5.74, 6) is 1.36. The van der Waals surface area contributed by atoms with Crippen molar-refractivity contribution in [3.05, 3.63) is 29.8 Å². The van der Waals surface area contributed by atoms with Crippen LogP contribution in [0.2, 0.25) is 0 Å². The maximum atomic E-state index is 10.3. The van der Waals surface area contributed by atoms with Gasteiger partial charge >= 0.3 is 0 Å². The molecular formula is C18H26BNO. The van der Waals surface area contributed by atoms with Gasteiger partial charge in [0.25, 0.3) is 0 Å². The van der Waals surface area contributed by atoms with Crippen molar-refractivity contribution in [2.75, 3.05) is 0 Å². The molecule has 5 unspecified atom stereocenters. The van der Waals surface area contributed by atoms with Crippen LogP contribution in [-0.4, -0.2) is 19.1 Å². The van der Waals surface area contributed by atoms with Gasteiger partial charge in [0.15, 0.2) is 0 Å². The summed E-state index contributed by atoms with van der Waals surface area (Å²) in [6, 6.07) is 10.7. The third-order valence-corrected chi connectivity index (χ3v) is 5.10. The van der Waals surface area contributed by atoms with Gasteiger partial charge in [-0.15, -0.1) is 0 Å². The van der Waals surface area contributed by atoms with Crippen molar-refractivity contribution in [2.45, 2.75) is 51.6 Å². The van der Waals surface area contributed by atoms with Crippen LogP contribution < -0.4 is 5.46 Å². The van der Waals surface area contributed by atoms with Gasteiger partial charge in [-0.3, -0.25) is 0 Å². The summed E-state index contributed by atoms with van der Waals surface area (Å²) in [5.41, 5.74) is 2.33. The average Bonchev–Trinajstić information content (AvgIpc) is 2.48. The zero-order valence-corrected chi connectivity index (χ0v) is 13.4. The molecule has 0 amide bonds. The fourth-order valence-electron chi connectivity index (χ4n) is 3.63. The highest BCUT2D eigenvalue weighted by Gasteiger charge is 2.32. The van der Waals surface area contributed by atoms with Crippen molar-refractivity contribution < 1.29 is 5.11 Å². The minimum Gasteiger partial charge on any atom is -0.393 e. The van der Waals surface area contributed by atoms with Crippen LogP contribution in [0, 0.1) is 29.1 Å². The first-order valence-electron chi connectivity index (χ1n) is 8.15.